The van der Waals surface area contributed by atoms with Crippen molar-refractivity contribution in [2.45, 2.75) is 4.83 Å². The van der Waals surface area contributed by atoms with Gasteiger partial charge in [-0.15, -0.1) is 0 Å². The molecule has 0 radical (unpaired) electrons. The van der Waals surface area contributed by atoms with Crippen LogP contribution in [0.3, 0.4) is 0 Å². The summed E-state index contributed by atoms with van der Waals surface area (Å²) in [6, 6.07) is 6.59. The lowest BCUT2D eigenvalue weighted by molar-refractivity contribution is -0.384. The molecule has 0 spiro atoms. The monoisotopic (exact) mass is 307 g/mol. The van der Waals surface area contributed by atoms with Crippen LogP contribution >= 0.6 is 31.9 Å². The third-order valence-electron chi connectivity index (χ3n) is 1.58. The van der Waals surface area contributed by atoms with E-state index < -0.39 is 4.92 Å². The number of nitro benzene ring substituents is 1. The van der Waals surface area contributed by atoms with Gasteiger partial charge < -0.3 is 0 Å². The fraction of sp³-hybridized carbons (Fsp3) is 0.250. The standard InChI is InChI=1S/C8H7Br2NO2/c9-5-8(10)6-2-1-3-7(4-6)11(12)13/h1-4,8H,5H2. The van der Waals surface area contributed by atoms with E-state index in [-0.39, 0.29) is 10.5 Å². The maximum absolute atomic E-state index is 10.4. The highest BCUT2D eigenvalue weighted by atomic mass is 79.9. The second-order valence-corrected chi connectivity index (χ2v) is 4.23. The Kier molecular flexibility index (Phi) is 3.87. The van der Waals surface area contributed by atoms with Gasteiger partial charge in [-0.1, -0.05) is 44.0 Å². The van der Waals surface area contributed by atoms with Gasteiger partial charge in [0.15, 0.2) is 0 Å². The predicted octanol–water partition coefficient (Wildman–Crippen LogP) is 3.43. The molecule has 0 fully saturated rings. The lowest BCUT2D eigenvalue weighted by Crippen LogP contribution is -1.93. The highest BCUT2D eigenvalue weighted by molar-refractivity contribution is 9.12. The first-order valence-electron chi connectivity index (χ1n) is 3.59. The van der Waals surface area contributed by atoms with Crippen LogP contribution < -0.4 is 0 Å². The van der Waals surface area contributed by atoms with Gasteiger partial charge in [-0.05, 0) is 5.56 Å². The third-order valence-corrected chi connectivity index (χ3v) is 3.95. The van der Waals surface area contributed by atoms with E-state index in [2.05, 4.69) is 31.9 Å². The molecule has 0 heterocycles. The molecule has 5 heteroatoms. The van der Waals surface area contributed by atoms with Gasteiger partial charge in [0.2, 0.25) is 0 Å². The van der Waals surface area contributed by atoms with Crippen molar-refractivity contribution in [2.75, 3.05) is 5.33 Å². The molecule has 70 valence electrons. The van der Waals surface area contributed by atoms with Gasteiger partial charge in [-0.2, -0.15) is 0 Å². The molecule has 0 saturated heterocycles. The second-order valence-electron chi connectivity index (χ2n) is 2.47. The van der Waals surface area contributed by atoms with Crippen molar-refractivity contribution in [1.29, 1.82) is 0 Å². The zero-order valence-electron chi connectivity index (χ0n) is 6.61. The third kappa shape index (κ3) is 2.77. The number of benzene rings is 1. The number of hydrogen-bond donors (Lipinski definition) is 0. The fourth-order valence-corrected chi connectivity index (χ4v) is 1.58. The van der Waals surface area contributed by atoms with Crippen molar-refractivity contribution >= 4 is 37.5 Å². The number of halogens is 2. The molecule has 1 rings (SSSR count). The first-order valence-corrected chi connectivity index (χ1v) is 5.63. The minimum Gasteiger partial charge on any atom is -0.258 e. The molecule has 1 aromatic rings. The maximum Gasteiger partial charge on any atom is 0.269 e. The number of hydrogen-bond acceptors (Lipinski definition) is 2. The van der Waals surface area contributed by atoms with Crippen molar-refractivity contribution < 1.29 is 4.92 Å². The SMILES string of the molecule is O=[N+]([O-])c1cccc(C(Br)CBr)c1. The van der Waals surface area contributed by atoms with Crippen molar-refractivity contribution in [3.05, 3.63) is 39.9 Å². The Balaban J connectivity index is 2.98. The minimum absolute atomic E-state index is 0.118. The average Bonchev–Trinajstić information content (AvgIpc) is 2.17. The first-order chi connectivity index (χ1) is 6.15. The molecule has 0 N–H and O–H groups in total. The number of non-ortho nitro benzene ring substituents is 1. The highest BCUT2D eigenvalue weighted by Crippen LogP contribution is 2.27. The van der Waals surface area contributed by atoms with Gasteiger partial charge in [0, 0.05) is 22.3 Å². The Labute approximate surface area is 92.5 Å². The largest absolute Gasteiger partial charge is 0.269 e. The normalized spacial score (nSPS) is 12.5. The van der Waals surface area contributed by atoms with E-state index in [0.717, 1.165) is 10.9 Å². The second kappa shape index (κ2) is 4.72. The summed E-state index contributed by atoms with van der Waals surface area (Å²) in [5, 5.41) is 11.2. The Morgan fingerprint density at radius 1 is 1.54 bits per heavy atom. The molecule has 0 amide bonds. The quantitative estimate of drug-likeness (QED) is 0.488. The zero-order chi connectivity index (χ0) is 9.84. The molecule has 3 nitrogen and oxygen atoms in total. The summed E-state index contributed by atoms with van der Waals surface area (Å²) in [4.78, 5) is 10.2. The summed E-state index contributed by atoms with van der Waals surface area (Å²) in [5.74, 6) is 0. The fourth-order valence-electron chi connectivity index (χ4n) is 0.922. The Bertz CT molecular complexity index is 317. The molecule has 1 atom stereocenters. The molecule has 0 bridgehead atoms. The first kappa shape index (κ1) is 10.7. The molecule has 1 unspecified atom stereocenters. The maximum atomic E-state index is 10.4. The van der Waals surface area contributed by atoms with E-state index in [9.17, 15) is 10.1 Å². The molecule has 0 aromatic heterocycles. The summed E-state index contributed by atoms with van der Waals surface area (Å²) in [7, 11) is 0. The summed E-state index contributed by atoms with van der Waals surface area (Å²) >= 11 is 6.70. The molecule has 0 aliphatic heterocycles. The number of alkyl halides is 2. The zero-order valence-corrected chi connectivity index (χ0v) is 9.79. The van der Waals surface area contributed by atoms with E-state index >= 15 is 0 Å². The number of nitrogens with zero attached hydrogens (tertiary/aromatic N) is 1. The van der Waals surface area contributed by atoms with Gasteiger partial charge in [-0.3, -0.25) is 10.1 Å². The average molecular weight is 309 g/mol. The smallest absolute Gasteiger partial charge is 0.258 e. The number of rotatable bonds is 3. The Morgan fingerprint density at radius 3 is 2.77 bits per heavy atom. The summed E-state index contributed by atoms with van der Waals surface area (Å²) in [6.45, 7) is 0. The van der Waals surface area contributed by atoms with E-state index in [1.54, 1.807) is 12.1 Å². The van der Waals surface area contributed by atoms with Gasteiger partial charge in [0.05, 0.1) is 4.92 Å². The van der Waals surface area contributed by atoms with Crippen molar-refractivity contribution in [1.82, 2.24) is 0 Å². The van der Waals surface area contributed by atoms with Crippen LogP contribution in [0.5, 0.6) is 0 Å². The van der Waals surface area contributed by atoms with Crippen LogP contribution in [0.4, 0.5) is 5.69 Å². The van der Waals surface area contributed by atoms with E-state index in [1.807, 2.05) is 6.07 Å². The molecule has 0 aliphatic carbocycles. The van der Waals surface area contributed by atoms with Gasteiger partial charge in [0.25, 0.3) is 5.69 Å². The molecular weight excluding hydrogens is 302 g/mol. The summed E-state index contributed by atoms with van der Waals surface area (Å²) < 4.78 is 0. The molecule has 13 heavy (non-hydrogen) atoms. The molecular formula is C8H7Br2NO2. The highest BCUT2D eigenvalue weighted by Gasteiger charge is 2.10. The van der Waals surface area contributed by atoms with Crippen molar-refractivity contribution in [2.24, 2.45) is 0 Å². The summed E-state index contributed by atoms with van der Waals surface area (Å²) in [5.41, 5.74) is 1.04. The van der Waals surface area contributed by atoms with E-state index in [4.69, 9.17) is 0 Å². The minimum atomic E-state index is -0.391. The summed E-state index contributed by atoms with van der Waals surface area (Å²) in [6.07, 6.45) is 0. The van der Waals surface area contributed by atoms with Crippen LogP contribution in [0.1, 0.15) is 10.4 Å². The molecule has 0 saturated carbocycles. The van der Waals surface area contributed by atoms with Crippen LogP contribution in [0.2, 0.25) is 0 Å². The Morgan fingerprint density at radius 2 is 2.23 bits per heavy atom. The predicted molar refractivity (Wildman–Crippen MR) is 58.6 cm³/mol. The number of nitro groups is 1. The Hall–Kier alpha value is -0.420. The lowest BCUT2D eigenvalue weighted by Gasteiger charge is -2.04. The van der Waals surface area contributed by atoms with Crippen LogP contribution in [0, 0.1) is 10.1 Å². The van der Waals surface area contributed by atoms with Crippen LogP contribution in [-0.2, 0) is 0 Å². The van der Waals surface area contributed by atoms with Gasteiger partial charge in [-0.25, -0.2) is 0 Å². The van der Waals surface area contributed by atoms with Crippen molar-refractivity contribution in [3.8, 4) is 0 Å². The van der Waals surface area contributed by atoms with E-state index in [1.165, 1.54) is 6.07 Å². The van der Waals surface area contributed by atoms with Crippen molar-refractivity contribution in [3.63, 3.8) is 0 Å². The van der Waals surface area contributed by atoms with Gasteiger partial charge in [0.1, 0.15) is 0 Å². The van der Waals surface area contributed by atoms with Crippen LogP contribution in [-0.4, -0.2) is 10.3 Å². The van der Waals surface area contributed by atoms with E-state index in [0.29, 0.717) is 0 Å². The molecule has 0 aliphatic rings. The topological polar surface area (TPSA) is 43.1 Å². The van der Waals surface area contributed by atoms with Crippen LogP contribution in [0.15, 0.2) is 24.3 Å². The van der Waals surface area contributed by atoms with Gasteiger partial charge >= 0.3 is 0 Å². The van der Waals surface area contributed by atoms with Crippen LogP contribution in [0.25, 0.3) is 0 Å². The lowest BCUT2D eigenvalue weighted by atomic mass is 10.1. The molecule has 1 aromatic carbocycles.